The molecule has 1 heterocycles. The summed E-state index contributed by atoms with van der Waals surface area (Å²) in [6.07, 6.45) is 4.49. The Morgan fingerprint density at radius 2 is 1.88 bits per heavy atom. The zero-order valence-electron chi connectivity index (χ0n) is 15.9. The van der Waals surface area contributed by atoms with E-state index in [0.29, 0.717) is 6.42 Å². The van der Waals surface area contributed by atoms with Crippen LogP contribution in [0, 0.1) is 6.92 Å². The molecule has 3 nitrogen and oxygen atoms in total. The van der Waals surface area contributed by atoms with Crippen LogP contribution in [0.15, 0.2) is 48.7 Å². The molecule has 0 saturated carbocycles. The second-order valence-electron chi connectivity index (χ2n) is 6.95. The zero-order valence-corrected chi connectivity index (χ0v) is 15.9. The molecule has 0 saturated heterocycles. The maximum Gasteiger partial charge on any atom is 0.220 e. The highest BCUT2D eigenvalue weighted by atomic mass is 16.1. The topological polar surface area (TPSA) is 44.9 Å². The third-order valence-electron chi connectivity index (χ3n) is 5.03. The van der Waals surface area contributed by atoms with E-state index in [2.05, 4.69) is 79.7 Å². The van der Waals surface area contributed by atoms with Crippen molar-refractivity contribution in [3.63, 3.8) is 0 Å². The van der Waals surface area contributed by atoms with Crippen molar-refractivity contribution in [1.82, 2.24) is 10.3 Å². The predicted molar refractivity (Wildman–Crippen MR) is 109 cm³/mol. The summed E-state index contributed by atoms with van der Waals surface area (Å²) in [5.41, 5.74) is 6.12. The van der Waals surface area contributed by atoms with Gasteiger partial charge in [-0.1, -0.05) is 61.9 Å². The number of H-pyrrole nitrogens is 1. The Hall–Kier alpha value is -2.55. The fourth-order valence-electron chi connectivity index (χ4n) is 3.55. The quantitative estimate of drug-likeness (QED) is 0.614. The molecule has 3 aromatic rings. The molecule has 1 amide bonds. The Bertz CT molecular complexity index is 877. The van der Waals surface area contributed by atoms with Gasteiger partial charge in [-0.15, -0.1) is 0 Å². The molecule has 0 radical (unpaired) electrons. The van der Waals surface area contributed by atoms with Crippen LogP contribution < -0.4 is 5.32 Å². The molecule has 0 aliphatic rings. The molecule has 0 bridgehead atoms. The second-order valence-corrected chi connectivity index (χ2v) is 6.95. The lowest BCUT2D eigenvalue weighted by molar-refractivity contribution is -0.121. The van der Waals surface area contributed by atoms with Gasteiger partial charge >= 0.3 is 0 Å². The fraction of sp³-hybridized carbons (Fsp3) is 0.348. The number of fused-ring (bicyclic) bond motifs is 1. The standard InChI is InChI=1S/C23H28N2O/c1-4-13-24-22(26)14-20(18-11-9-16(3)10-12-18)21-15-25-23-17(5-2)7-6-8-19(21)23/h6-12,15,20,25H,4-5,13-14H2,1-3H3,(H,24,26)/t20-/m0/s1. The number of hydrogen-bond acceptors (Lipinski definition) is 1. The summed E-state index contributed by atoms with van der Waals surface area (Å²) < 4.78 is 0. The van der Waals surface area contributed by atoms with Gasteiger partial charge < -0.3 is 10.3 Å². The number of aromatic amines is 1. The van der Waals surface area contributed by atoms with Crippen molar-refractivity contribution >= 4 is 16.8 Å². The highest BCUT2D eigenvalue weighted by Gasteiger charge is 2.21. The Morgan fingerprint density at radius 3 is 2.58 bits per heavy atom. The molecule has 1 atom stereocenters. The summed E-state index contributed by atoms with van der Waals surface area (Å²) in [6.45, 7) is 7.06. The first-order valence-electron chi connectivity index (χ1n) is 9.56. The number of carbonyl (C=O) groups is 1. The average molecular weight is 348 g/mol. The van der Waals surface area contributed by atoms with Gasteiger partial charge in [0.15, 0.2) is 0 Å². The van der Waals surface area contributed by atoms with Crippen LogP contribution in [0.2, 0.25) is 0 Å². The lowest BCUT2D eigenvalue weighted by atomic mass is 9.87. The molecule has 2 aromatic carbocycles. The Kier molecular flexibility index (Phi) is 5.77. The van der Waals surface area contributed by atoms with Crippen molar-refractivity contribution < 1.29 is 4.79 Å². The number of aromatic nitrogens is 1. The number of carbonyl (C=O) groups excluding carboxylic acids is 1. The van der Waals surface area contributed by atoms with E-state index in [-0.39, 0.29) is 11.8 Å². The highest BCUT2D eigenvalue weighted by molar-refractivity contribution is 5.88. The van der Waals surface area contributed by atoms with Crippen molar-refractivity contribution in [1.29, 1.82) is 0 Å². The minimum Gasteiger partial charge on any atom is -0.361 e. The minimum atomic E-state index is 0.0494. The van der Waals surface area contributed by atoms with Crippen LogP contribution in [0.25, 0.3) is 10.9 Å². The first kappa shape index (κ1) is 18.2. The third-order valence-corrected chi connectivity index (χ3v) is 5.03. The molecule has 0 spiro atoms. The lowest BCUT2D eigenvalue weighted by Gasteiger charge is -2.17. The first-order chi connectivity index (χ1) is 12.6. The molecule has 2 N–H and O–H groups in total. The monoisotopic (exact) mass is 348 g/mol. The van der Waals surface area contributed by atoms with Gasteiger partial charge in [0.1, 0.15) is 0 Å². The van der Waals surface area contributed by atoms with Gasteiger partial charge in [0, 0.05) is 36.0 Å². The van der Waals surface area contributed by atoms with Crippen LogP contribution >= 0.6 is 0 Å². The molecule has 1 aromatic heterocycles. The molecule has 3 heteroatoms. The molecule has 136 valence electrons. The van der Waals surface area contributed by atoms with Crippen molar-refractivity contribution in [3.05, 3.63) is 70.9 Å². The van der Waals surface area contributed by atoms with E-state index in [1.54, 1.807) is 0 Å². The summed E-state index contributed by atoms with van der Waals surface area (Å²) >= 11 is 0. The van der Waals surface area contributed by atoms with E-state index in [9.17, 15) is 4.79 Å². The van der Waals surface area contributed by atoms with E-state index in [4.69, 9.17) is 0 Å². The number of nitrogens with one attached hydrogen (secondary N) is 2. The van der Waals surface area contributed by atoms with E-state index in [1.807, 2.05) is 0 Å². The average Bonchev–Trinajstić information content (AvgIpc) is 3.09. The van der Waals surface area contributed by atoms with Crippen molar-refractivity contribution in [2.24, 2.45) is 0 Å². The second kappa shape index (κ2) is 8.22. The fourth-order valence-corrected chi connectivity index (χ4v) is 3.55. The maximum atomic E-state index is 12.5. The number of aryl methyl sites for hydroxylation is 2. The molecule has 3 rings (SSSR count). The largest absolute Gasteiger partial charge is 0.361 e. The minimum absolute atomic E-state index is 0.0494. The van der Waals surface area contributed by atoms with Gasteiger partial charge in [0.2, 0.25) is 5.91 Å². The SMILES string of the molecule is CCCNC(=O)C[C@@H](c1ccc(C)cc1)c1c[nH]c2c(CC)cccc12. The van der Waals surface area contributed by atoms with Crippen LogP contribution in [0.1, 0.15) is 54.9 Å². The molecule has 0 aliphatic carbocycles. The molecule has 0 fully saturated rings. The van der Waals surface area contributed by atoms with Crippen molar-refractivity contribution in [2.45, 2.75) is 46.0 Å². The highest BCUT2D eigenvalue weighted by Crippen LogP contribution is 2.34. The van der Waals surface area contributed by atoms with Crippen LogP contribution in [0.4, 0.5) is 0 Å². The molecule has 26 heavy (non-hydrogen) atoms. The van der Waals surface area contributed by atoms with Gasteiger partial charge in [-0.05, 0) is 36.5 Å². The van der Waals surface area contributed by atoms with Crippen molar-refractivity contribution in [3.8, 4) is 0 Å². The maximum absolute atomic E-state index is 12.5. The predicted octanol–water partition coefficient (Wildman–Crippen LogP) is 5.09. The first-order valence-corrected chi connectivity index (χ1v) is 9.56. The number of para-hydroxylation sites is 1. The summed E-state index contributed by atoms with van der Waals surface area (Å²) in [5.74, 6) is 0.159. The summed E-state index contributed by atoms with van der Waals surface area (Å²) in [5, 5.41) is 4.25. The number of benzene rings is 2. The molecular weight excluding hydrogens is 320 g/mol. The molecular formula is C23H28N2O. The Labute approximate surface area is 155 Å². The summed E-state index contributed by atoms with van der Waals surface area (Å²) in [6, 6.07) is 15.0. The summed E-state index contributed by atoms with van der Waals surface area (Å²) in [4.78, 5) is 15.9. The lowest BCUT2D eigenvalue weighted by Crippen LogP contribution is -2.26. The normalized spacial score (nSPS) is 12.3. The number of hydrogen-bond donors (Lipinski definition) is 2. The van der Waals surface area contributed by atoms with Gasteiger partial charge in [-0.25, -0.2) is 0 Å². The third kappa shape index (κ3) is 3.82. The van der Waals surface area contributed by atoms with Gasteiger partial charge in [-0.3, -0.25) is 4.79 Å². The molecule has 0 unspecified atom stereocenters. The van der Waals surface area contributed by atoms with Crippen molar-refractivity contribution in [2.75, 3.05) is 6.54 Å². The van der Waals surface area contributed by atoms with E-state index in [0.717, 1.165) is 19.4 Å². The number of rotatable bonds is 7. The van der Waals surface area contributed by atoms with E-state index < -0.39 is 0 Å². The smallest absolute Gasteiger partial charge is 0.220 e. The van der Waals surface area contributed by atoms with Crippen LogP contribution in [0.5, 0.6) is 0 Å². The van der Waals surface area contributed by atoms with Gasteiger partial charge in [0.05, 0.1) is 0 Å². The van der Waals surface area contributed by atoms with E-state index >= 15 is 0 Å². The number of amides is 1. The van der Waals surface area contributed by atoms with Crippen LogP contribution in [-0.2, 0) is 11.2 Å². The Morgan fingerprint density at radius 1 is 1.12 bits per heavy atom. The van der Waals surface area contributed by atoms with Crippen LogP contribution in [-0.4, -0.2) is 17.4 Å². The van der Waals surface area contributed by atoms with E-state index in [1.165, 1.54) is 33.2 Å². The zero-order chi connectivity index (χ0) is 18.5. The van der Waals surface area contributed by atoms with Gasteiger partial charge in [-0.2, -0.15) is 0 Å². The molecule has 0 aliphatic heterocycles. The van der Waals surface area contributed by atoms with Crippen LogP contribution in [0.3, 0.4) is 0 Å². The van der Waals surface area contributed by atoms with Gasteiger partial charge in [0.25, 0.3) is 0 Å². The Balaban J connectivity index is 2.03. The summed E-state index contributed by atoms with van der Waals surface area (Å²) in [7, 11) is 0.